The maximum atomic E-state index is 12.2. The maximum Gasteiger partial charge on any atom is 0.240 e. The molecular weight excluding hydrogens is 312 g/mol. The maximum absolute atomic E-state index is 12.2. The van der Waals surface area contributed by atoms with E-state index in [-0.39, 0.29) is 18.0 Å². The highest BCUT2D eigenvalue weighted by molar-refractivity contribution is 7.89. The van der Waals surface area contributed by atoms with E-state index >= 15 is 0 Å². The van der Waals surface area contributed by atoms with Gasteiger partial charge in [-0.05, 0) is 25.0 Å². The van der Waals surface area contributed by atoms with Crippen molar-refractivity contribution in [3.05, 3.63) is 29.8 Å². The van der Waals surface area contributed by atoms with Gasteiger partial charge in [0.1, 0.15) is 0 Å². The van der Waals surface area contributed by atoms with Crippen LogP contribution in [0.1, 0.15) is 18.9 Å². The molecule has 0 aliphatic heterocycles. The Morgan fingerprint density at radius 3 is 2.24 bits per heavy atom. The van der Waals surface area contributed by atoms with Gasteiger partial charge in [0.15, 0.2) is 0 Å². The first-order valence-electron chi connectivity index (χ1n) is 6.69. The minimum absolute atomic E-state index is 0.0454. The van der Waals surface area contributed by atoms with Gasteiger partial charge in [-0.25, -0.2) is 25.9 Å². The molecule has 0 heterocycles. The summed E-state index contributed by atoms with van der Waals surface area (Å²) in [5.41, 5.74) is 0.651. The summed E-state index contributed by atoms with van der Waals surface area (Å²) in [6.07, 6.45) is 1.80. The van der Waals surface area contributed by atoms with Crippen molar-refractivity contribution in [3.63, 3.8) is 0 Å². The van der Waals surface area contributed by atoms with E-state index in [2.05, 4.69) is 4.72 Å². The zero-order valence-electron chi connectivity index (χ0n) is 12.5. The second-order valence-electron chi connectivity index (χ2n) is 4.83. The fourth-order valence-electron chi connectivity index (χ4n) is 1.93. The van der Waals surface area contributed by atoms with Crippen LogP contribution in [0.3, 0.4) is 0 Å². The molecule has 120 valence electrons. The van der Waals surface area contributed by atoms with Gasteiger partial charge in [-0.3, -0.25) is 0 Å². The van der Waals surface area contributed by atoms with Crippen LogP contribution in [0.4, 0.5) is 0 Å². The van der Waals surface area contributed by atoms with Crippen molar-refractivity contribution in [1.82, 2.24) is 9.03 Å². The second-order valence-corrected chi connectivity index (χ2v) is 8.54. The van der Waals surface area contributed by atoms with Crippen molar-refractivity contribution in [2.24, 2.45) is 0 Å². The van der Waals surface area contributed by atoms with Gasteiger partial charge < -0.3 is 0 Å². The summed E-state index contributed by atoms with van der Waals surface area (Å²) in [6.45, 7) is 4.14. The smallest absolute Gasteiger partial charge is 0.213 e. The van der Waals surface area contributed by atoms with Crippen LogP contribution in [0.2, 0.25) is 0 Å². The zero-order valence-corrected chi connectivity index (χ0v) is 14.2. The van der Waals surface area contributed by atoms with E-state index in [0.29, 0.717) is 18.5 Å². The zero-order chi connectivity index (χ0) is 16.1. The third kappa shape index (κ3) is 5.39. The van der Waals surface area contributed by atoms with E-state index in [1.165, 1.54) is 10.4 Å². The summed E-state index contributed by atoms with van der Waals surface area (Å²) in [4.78, 5) is 0.214. The highest BCUT2D eigenvalue weighted by atomic mass is 32.2. The number of hydrogen-bond acceptors (Lipinski definition) is 4. The Morgan fingerprint density at radius 1 is 1.10 bits per heavy atom. The lowest BCUT2D eigenvalue weighted by atomic mass is 10.2. The van der Waals surface area contributed by atoms with Crippen molar-refractivity contribution in [2.45, 2.75) is 25.2 Å². The lowest BCUT2D eigenvalue weighted by molar-refractivity contribution is 0.416. The minimum atomic E-state index is -3.62. The molecule has 0 bridgehead atoms. The van der Waals surface area contributed by atoms with E-state index in [9.17, 15) is 16.8 Å². The van der Waals surface area contributed by atoms with E-state index in [4.69, 9.17) is 0 Å². The van der Waals surface area contributed by atoms with Crippen molar-refractivity contribution < 1.29 is 16.8 Å². The van der Waals surface area contributed by atoms with E-state index < -0.39 is 20.0 Å². The van der Waals surface area contributed by atoms with Crippen LogP contribution in [0.25, 0.3) is 0 Å². The molecule has 0 spiro atoms. The van der Waals surface area contributed by atoms with E-state index in [1.54, 1.807) is 25.1 Å². The minimum Gasteiger partial charge on any atom is -0.213 e. The van der Waals surface area contributed by atoms with Crippen LogP contribution < -0.4 is 4.72 Å². The molecule has 0 saturated heterocycles. The highest BCUT2D eigenvalue weighted by Crippen LogP contribution is 2.13. The van der Waals surface area contributed by atoms with Gasteiger partial charge in [-0.1, -0.05) is 25.1 Å². The van der Waals surface area contributed by atoms with Gasteiger partial charge in [0.05, 0.1) is 11.2 Å². The van der Waals surface area contributed by atoms with Gasteiger partial charge >= 0.3 is 0 Å². The number of nitrogens with one attached hydrogen (secondary N) is 1. The quantitative estimate of drug-likeness (QED) is 0.767. The fourth-order valence-corrected chi connectivity index (χ4v) is 4.14. The molecule has 1 rings (SSSR count). The number of nitrogens with zero attached hydrogens (tertiary/aromatic N) is 1. The first-order valence-corrected chi connectivity index (χ1v) is 10.0. The Hall–Kier alpha value is -0.960. The number of sulfonamides is 2. The molecule has 21 heavy (non-hydrogen) atoms. The molecule has 0 amide bonds. The third-order valence-electron chi connectivity index (χ3n) is 2.98. The number of hydrogen-bond donors (Lipinski definition) is 1. The topological polar surface area (TPSA) is 83.6 Å². The van der Waals surface area contributed by atoms with E-state index in [1.807, 2.05) is 6.92 Å². The molecule has 0 radical (unpaired) electrons. The molecule has 1 N–H and O–H groups in total. The summed E-state index contributed by atoms with van der Waals surface area (Å²) in [6, 6.07) is 6.66. The van der Waals surface area contributed by atoms with Gasteiger partial charge in [0, 0.05) is 19.6 Å². The number of rotatable bonds is 8. The molecule has 0 aliphatic carbocycles. The van der Waals surface area contributed by atoms with Crippen LogP contribution in [0.15, 0.2) is 29.2 Å². The molecule has 0 atom stereocenters. The molecule has 0 saturated carbocycles. The van der Waals surface area contributed by atoms with Crippen molar-refractivity contribution in [3.8, 4) is 0 Å². The summed E-state index contributed by atoms with van der Waals surface area (Å²) in [5.74, 6) is 0. The molecule has 0 aliphatic rings. The average Bonchev–Trinajstić information content (AvgIpc) is 2.36. The molecule has 8 heteroatoms. The molecule has 1 aromatic rings. The molecule has 0 fully saturated rings. The number of aryl methyl sites for hydroxylation is 1. The monoisotopic (exact) mass is 334 g/mol. The molecule has 6 nitrogen and oxygen atoms in total. The Kier molecular flexibility index (Phi) is 6.33. The summed E-state index contributed by atoms with van der Waals surface area (Å²) in [7, 11) is -6.94. The standard InChI is InChI=1S/C13H22N2O4S2/c1-4-10-15(20(3,16)17)11-9-14-21(18,19)13-8-6-5-7-12(13)2/h5-8,14H,4,9-11H2,1-3H3. The molecule has 0 unspecified atom stereocenters. The number of benzene rings is 1. The van der Waals surface area contributed by atoms with Gasteiger partial charge in [-0.2, -0.15) is 0 Å². The van der Waals surface area contributed by atoms with Crippen LogP contribution in [0, 0.1) is 6.92 Å². The highest BCUT2D eigenvalue weighted by Gasteiger charge is 2.19. The van der Waals surface area contributed by atoms with Crippen molar-refractivity contribution in [1.29, 1.82) is 0 Å². The Labute approximate surface area is 127 Å². The Bertz CT molecular complexity index is 669. The largest absolute Gasteiger partial charge is 0.240 e. The van der Waals surface area contributed by atoms with Crippen LogP contribution >= 0.6 is 0 Å². The van der Waals surface area contributed by atoms with Gasteiger partial charge in [0.2, 0.25) is 20.0 Å². The Morgan fingerprint density at radius 2 is 1.71 bits per heavy atom. The summed E-state index contributed by atoms with van der Waals surface area (Å²) in [5, 5.41) is 0. The summed E-state index contributed by atoms with van der Waals surface area (Å²) >= 11 is 0. The van der Waals surface area contributed by atoms with Crippen molar-refractivity contribution >= 4 is 20.0 Å². The predicted octanol–water partition coefficient (Wildman–Crippen LogP) is 0.945. The van der Waals surface area contributed by atoms with Crippen LogP contribution in [0.5, 0.6) is 0 Å². The summed E-state index contributed by atoms with van der Waals surface area (Å²) < 4.78 is 51.1. The van der Waals surface area contributed by atoms with Crippen LogP contribution in [-0.2, 0) is 20.0 Å². The first kappa shape index (κ1) is 18.1. The van der Waals surface area contributed by atoms with E-state index in [0.717, 1.165) is 6.26 Å². The molecule has 1 aromatic carbocycles. The molecular formula is C13H22N2O4S2. The predicted molar refractivity (Wildman–Crippen MR) is 83.1 cm³/mol. The molecule has 0 aromatic heterocycles. The van der Waals surface area contributed by atoms with Crippen LogP contribution in [-0.4, -0.2) is 47.0 Å². The van der Waals surface area contributed by atoms with Crippen molar-refractivity contribution in [2.75, 3.05) is 25.9 Å². The lowest BCUT2D eigenvalue weighted by Crippen LogP contribution is -2.38. The SMILES string of the molecule is CCCN(CCNS(=O)(=O)c1ccccc1C)S(C)(=O)=O. The lowest BCUT2D eigenvalue weighted by Gasteiger charge is -2.19. The normalized spacial score (nSPS) is 12.8. The fraction of sp³-hybridized carbons (Fsp3) is 0.538. The van der Waals surface area contributed by atoms with Gasteiger partial charge in [-0.15, -0.1) is 0 Å². The Balaban J connectivity index is 2.73. The first-order chi connectivity index (χ1) is 9.68. The second kappa shape index (κ2) is 7.35. The average molecular weight is 334 g/mol. The third-order valence-corrected chi connectivity index (χ3v) is 5.90. The van der Waals surface area contributed by atoms with Gasteiger partial charge in [0.25, 0.3) is 0 Å².